The zero-order valence-corrected chi connectivity index (χ0v) is 15.1. The lowest BCUT2D eigenvalue weighted by Gasteiger charge is -2.33. The molecule has 27 heavy (non-hydrogen) atoms. The van der Waals surface area contributed by atoms with Gasteiger partial charge in [-0.05, 0) is 42.8 Å². The molecule has 2 aromatic carbocycles. The first-order valence-corrected chi connectivity index (χ1v) is 9.61. The van der Waals surface area contributed by atoms with Crippen LogP contribution in [-0.2, 0) is 17.9 Å². The summed E-state index contributed by atoms with van der Waals surface area (Å²) >= 11 is 0. The average Bonchev–Trinajstić information content (AvgIpc) is 2.83. The molecule has 2 atom stereocenters. The van der Waals surface area contributed by atoms with Gasteiger partial charge in [-0.25, -0.2) is 8.78 Å². The lowest BCUT2D eigenvalue weighted by molar-refractivity contribution is 0.130. The summed E-state index contributed by atoms with van der Waals surface area (Å²) in [6.07, 6.45) is 1.13. The molecule has 5 rings (SSSR count). The number of nitrogens with one attached hydrogen (secondary N) is 2. The first-order valence-electron chi connectivity index (χ1n) is 9.61. The van der Waals surface area contributed by atoms with Crippen molar-refractivity contribution >= 4 is 11.4 Å². The van der Waals surface area contributed by atoms with E-state index < -0.39 is 11.6 Å². The van der Waals surface area contributed by atoms with Crippen molar-refractivity contribution in [3.05, 3.63) is 58.7 Å². The number of fused-ring (bicyclic) bond motifs is 3. The first-order chi connectivity index (χ1) is 13.2. The Bertz CT molecular complexity index is 852. The minimum absolute atomic E-state index is 0.0685. The van der Waals surface area contributed by atoms with Gasteiger partial charge in [-0.3, -0.25) is 0 Å². The number of rotatable bonds is 3. The molecule has 3 aliphatic heterocycles. The molecular formula is C21H23F2N3O. The van der Waals surface area contributed by atoms with Crippen LogP contribution in [0.2, 0.25) is 0 Å². The Morgan fingerprint density at radius 3 is 2.93 bits per heavy atom. The van der Waals surface area contributed by atoms with E-state index in [1.807, 2.05) is 0 Å². The summed E-state index contributed by atoms with van der Waals surface area (Å²) in [6, 6.07) is 8.72. The quantitative estimate of drug-likeness (QED) is 0.867. The number of piperidine rings is 1. The van der Waals surface area contributed by atoms with Crippen molar-refractivity contribution < 1.29 is 13.5 Å². The molecule has 0 unspecified atom stereocenters. The van der Waals surface area contributed by atoms with E-state index in [0.29, 0.717) is 18.6 Å². The van der Waals surface area contributed by atoms with Gasteiger partial charge < -0.3 is 20.3 Å². The van der Waals surface area contributed by atoms with Crippen LogP contribution in [0.4, 0.5) is 20.2 Å². The van der Waals surface area contributed by atoms with E-state index in [9.17, 15) is 8.78 Å². The lowest BCUT2D eigenvalue weighted by Crippen LogP contribution is -2.44. The van der Waals surface area contributed by atoms with Crippen LogP contribution in [0.15, 0.2) is 30.3 Å². The number of hydrogen-bond donors (Lipinski definition) is 2. The fourth-order valence-electron chi connectivity index (χ4n) is 4.78. The maximum absolute atomic E-state index is 13.9. The van der Waals surface area contributed by atoms with E-state index in [1.54, 1.807) is 0 Å². The number of hydrogen-bond acceptors (Lipinski definition) is 4. The molecule has 6 heteroatoms. The van der Waals surface area contributed by atoms with Crippen molar-refractivity contribution in [1.82, 2.24) is 5.32 Å². The third kappa shape index (κ3) is 2.87. The van der Waals surface area contributed by atoms with E-state index in [0.717, 1.165) is 43.9 Å². The second-order valence-corrected chi connectivity index (χ2v) is 7.54. The van der Waals surface area contributed by atoms with Gasteiger partial charge in [0.05, 0.1) is 13.2 Å². The number of halogens is 2. The Morgan fingerprint density at radius 2 is 2.07 bits per heavy atom. The van der Waals surface area contributed by atoms with Gasteiger partial charge >= 0.3 is 0 Å². The number of anilines is 2. The molecular weight excluding hydrogens is 348 g/mol. The summed E-state index contributed by atoms with van der Waals surface area (Å²) in [5.74, 6) is -0.585. The van der Waals surface area contributed by atoms with Crippen molar-refractivity contribution in [2.24, 2.45) is 0 Å². The average molecular weight is 371 g/mol. The molecule has 3 aliphatic rings. The van der Waals surface area contributed by atoms with Gasteiger partial charge in [-0.15, -0.1) is 0 Å². The van der Waals surface area contributed by atoms with Crippen LogP contribution in [0.3, 0.4) is 0 Å². The van der Waals surface area contributed by atoms with Crippen LogP contribution in [0.1, 0.15) is 29.0 Å². The van der Waals surface area contributed by atoms with Crippen LogP contribution >= 0.6 is 0 Å². The normalized spacial score (nSPS) is 23.6. The van der Waals surface area contributed by atoms with Crippen LogP contribution in [0.25, 0.3) is 0 Å². The van der Waals surface area contributed by atoms with E-state index in [2.05, 4.69) is 27.7 Å². The van der Waals surface area contributed by atoms with Crippen molar-refractivity contribution in [3.8, 4) is 0 Å². The SMILES string of the molecule is Fc1cccc(F)c1CNc1cc2c3c(c1)[C@@H]1CNCC[C@@H]1N3CCOC2. The van der Waals surface area contributed by atoms with E-state index in [1.165, 1.54) is 29.4 Å². The summed E-state index contributed by atoms with van der Waals surface area (Å²) in [4.78, 5) is 2.52. The minimum atomic E-state index is -0.521. The number of ether oxygens (including phenoxy) is 1. The van der Waals surface area contributed by atoms with Crippen molar-refractivity contribution in [1.29, 1.82) is 0 Å². The Morgan fingerprint density at radius 1 is 1.22 bits per heavy atom. The van der Waals surface area contributed by atoms with Crippen molar-refractivity contribution in [3.63, 3.8) is 0 Å². The Hall–Kier alpha value is -2.18. The lowest BCUT2D eigenvalue weighted by atomic mass is 9.89. The number of nitrogens with zero attached hydrogens (tertiary/aromatic N) is 1. The minimum Gasteiger partial charge on any atom is -0.381 e. The van der Waals surface area contributed by atoms with Gasteiger partial charge in [0.2, 0.25) is 0 Å². The maximum atomic E-state index is 13.9. The fourth-order valence-corrected chi connectivity index (χ4v) is 4.78. The highest BCUT2D eigenvalue weighted by Crippen LogP contribution is 2.47. The summed E-state index contributed by atoms with van der Waals surface area (Å²) < 4.78 is 33.7. The highest BCUT2D eigenvalue weighted by molar-refractivity contribution is 5.72. The second kappa shape index (κ2) is 6.77. The molecule has 142 valence electrons. The molecule has 0 aliphatic carbocycles. The molecule has 0 aromatic heterocycles. The van der Waals surface area contributed by atoms with Crippen LogP contribution in [0, 0.1) is 11.6 Å². The molecule has 1 fully saturated rings. The van der Waals surface area contributed by atoms with Gasteiger partial charge in [0, 0.05) is 54.1 Å². The molecule has 3 heterocycles. The monoisotopic (exact) mass is 371 g/mol. The highest BCUT2D eigenvalue weighted by atomic mass is 19.1. The molecule has 0 bridgehead atoms. The second-order valence-electron chi connectivity index (χ2n) is 7.54. The van der Waals surface area contributed by atoms with Crippen LogP contribution < -0.4 is 15.5 Å². The van der Waals surface area contributed by atoms with Crippen molar-refractivity contribution in [2.75, 3.05) is 36.5 Å². The van der Waals surface area contributed by atoms with E-state index in [4.69, 9.17) is 4.74 Å². The van der Waals surface area contributed by atoms with Gasteiger partial charge in [0.1, 0.15) is 11.6 Å². The standard InChI is InChI=1S/C21H23F2N3O/c22-18-2-1-3-19(23)17(18)11-25-14-8-13-12-27-7-6-26-20-4-5-24-10-16(20)15(9-14)21(13)26/h1-3,8-9,16,20,24-25H,4-7,10-12H2/t16-,20-/m0/s1. The zero-order chi connectivity index (χ0) is 18.4. The summed E-state index contributed by atoms with van der Waals surface area (Å²) in [6.45, 7) is 4.37. The summed E-state index contributed by atoms with van der Waals surface area (Å²) in [5.41, 5.74) is 4.76. The Labute approximate surface area is 157 Å². The third-order valence-electron chi connectivity index (χ3n) is 6.02. The molecule has 2 aromatic rings. The van der Waals surface area contributed by atoms with Gasteiger partial charge in [-0.1, -0.05) is 6.07 Å². The van der Waals surface area contributed by atoms with Crippen LogP contribution in [0.5, 0.6) is 0 Å². The summed E-state index contributed by atoms with van der Waals surface area (Å²) in [7, 11) is 0. The predicted molar refractivity (Wildman–Crippen MR) is 101 cm³/mol. The molecule has 0 amide bonds. The summed E-state index contributed by atoms with van der Waals surface area (Å²) in [5, 5.41) is 6.74. The largest absolute Gasteiger partial charge is 0.381 e. The third-order valence-corrected chi connectivity index (χ3v) is 6.02. The maximum Gasteiger partial charge on any atom is 0.131 e. The molecule has 0 radical (unpaired) electrons. The van der Waals surface area contributed by atoms with E-state index in [-0.39, 0.29) is 12.1 Å². The molecule has 0 saturated carbocycles. The van der Waals surface area contributed by atoms with Gasteiger partial charge in [0.25, 0.3) is 0 Å². The van der Waals surface area contributed by atoms with Crippen molar-refractivity contribution in [2.45, 2.75) is 31.5 Å². The van der Waals surface area contributed by atoms with Gasteiger partial charge in [0.15, 0.2) is 0 Å². The smallest absolute Gasteiger partial charge is 0.131 e. The van der Waals surface area contributed by atoms with Crippen LogP contribution in [-0.4, -0.2) is 32.3 Å². The first kappa shape index (κ1) is 17.0. The molecule has 0 spiro atoms. The zero-order valence-electron chi connectivity index (χ0n) is 15.1. The predicted octanol–water partition coefficient (Wildman–Crippen LogP) is 3.37. The fraction of sp³-hybridized carbons (Fsp3) is 0.429. The Kier molecular flexibility index (Phi) is 4.25. The topological polar surface area (TPSA) is 36.5 Å². The Balaban J connectivity index is 1.48. The molecule has 1 saturated heterocycles. The molecule has 4 nitrogen and oxygen atoms in total. The molecule has 2 N–H and O–H groups in total. The van der Waals surface area contributed by atoms with Gasteiger partial charge in [-0.2, -0.15) is 0 Å². The van der Waals surface area contributed by atoms with E-state index >= 15 is 0 Å². The number of benzene rings is 2. The highest BCUT2D eigenvalue weighted by Gasteiger charge is 2.41.